The molecule has 1 unspecified atom stereocenters. The average molecular weight is 520 g/mol. The normalized spacial score (nSPS) is 23.8. The largest absolute Gasteiger partial charge is 0.472 e. The number of amides is 1. The number of fused-ring (bicyclic) bond motifs is 1. The minimum absolute atomic E-state index is 0.0124. The summed E-state index contributed by atoms with van der Waals surface area (Å²) in [6.45, 7) is 4.11. The molecule has 202 valence electrons. The number of ether oxygens (including phenoxy) is 2. The zero-order chi connectivity index (χ0) is 26.1. The first kappa shape index (κ1) is 25.1. The summed E-state index contributed by atoms with van der Waals surface area (Å²) in [5, 5.41) is 21.2. The van der Waals surface area contributed by atoms with Crippen molar-refractivity contribution in [3.63, 3.8) is 0 Å². The number of anilines is 1. The highest BCUT2D eigenvalue weighted by Crippen LogP contribution is 2.31. The van der Waals surface area contributed by atoms with Gasteiger partial charge in [0.1, 0.15) is 11.9 Å². The van der Waals surface area contributed by atoms with Crippen LogP contribution < -0.4 is 15.4 Å². The molecular formula is C29H37N5O4. The van der Waals surface area contributed by atoms with Crippen molar-refractivity contribution < 1.29 is 19.4 Å². The van der Waals surface area contributed by atoms with Crippen molar-refractivity contribution in [1.29, 1.82) is 0 Å². The van der Waals surface area contributed by atoms with Gasteiger partial charge >= 0.3 is 0 Å². The summed E-state index contributed by atoms with van der Waals surface area (Å²) in [4.78, 5) is 17.5. The first-order chi connectivity index (χ1) is 18.5. The number of aliphatic hydroxyl groups is 1. The maximum Gasteiger partial charge on any atom is 0.251 e. The lowest BCUT2D eigenvalue weighted by atomic mass is 9.87. The van der Waals surface area contributed by atoms with E-state index in [4.69, 9.17) is 14.5 Å². The maximum atomic E-state index is 12.6. The number of rotatable bonds is 8. The number of aryl methyl sites for hydroxylation is 1. The molecule has 9 nitrogen and oxygen atoms in total. The molecule has 3 fully saturated rings. The van der Waals surface area contributed by atoms with Gasteiger partial charge in [-0.15, -0.1) is 0 Å². The Morgan fingerprint density at radius 3 is 2.74 bits per heavy atom. The lowest BCUT2D eigenvalue weighted by molar-refractivity contribution is 0.00559. The number of carbonyl (C=O) groups excluding carboxylic acids is 1. The van der Waals surface area contributed by atoms with Crippen molar-refractivity contribution in [3.8, 4) is 17.0 Å². The SMILES string of the molecule is Cc1cc(-c2cnn3c(NC[C@H]4CC[C@@H](O)CC4)cc(OC4CCCOC4)nc23)ccc1C(=O)NC1CC1. The molecule has 9 heteroatoms. The van der Waals surface area contributed by atoms with E-state index < -0.39 is 0 Å². The van der Waals surface area contributed by atoms with E-state index in [0.29, 0.717) is 35.7 Å². The van der Waals surface area contributed by atoms with E-state index in [1.807, 2.05) is 41.9 Å². The number of aromatic nitrogens is 3. The van der Waals surface area contributed by atoms with Crippen LogP contribution in [0, 0.1) is 12.8 Å². The number of hydrogen-bond donors (Lipinski definition) is 3. The molecule has 3 N–H and O–H groups in total. The summed E-state index contributed by atoms with van der Waals surface area (Å²) in [7, 11) is 0. The summed E-state index contributed by atoms with van der Waals surface area (Å²) in [5.74, 6) is 1.87. The third-order valence-electron chi connectivity index (χ3n) is 7.94. The van der Waals surface area contributed by atoms with Gasteiger partial charge in [-0.05, 0) is 81.4 Å². The summed E-state index contributed by atoms with van der Waals surface area (Å²) < 4.78 is 13.7. The Bertz CT molecular complexity index is 1290. The first-order valence-corrected chi connectivity index (χ1v) is 14.0. The second-order valence-corrected chi connectivity index (χ2v) is 11.1. The Morgan fingerprint density at radius 1 is 1.16 bits per heavy atom. The zero-order valence-electron chi connectivity index (χ0n) is 22.0. The Balaban J connectivity index is 1.29. The van der Waals surface area contributed by atoms with Crippen LogP contribution in [0.25, 0.3) is 16.8 Å². The van der Waals surface area contributed by atoms with E-state index in [2.05, 4.69) is 15.7 Å². The number of benzene rings is 1. The van der Waals surface area contributed by atoms with E-state index in [-0.39, 0.29) is 18.1 Å². The molecule has 1 saturated heterocycles. The molecule has 1 aromatic carbocycles. The second kappa shape index (κ2) is 10.9. The van der Waals surface area contributed by atoms with Crippen LogP contribution >= 0.6 is 0 Å². The number of hydrogen-bond acceptors (Lipinski definition) is 7. The van der Waals surface area contributed by atoms with Crippen molar-refractivity contribution in [2.75, 3.05) is 25.1 Å². The van der Waals surface area contributed by atoms with Crippen LogP contribution in [-0.2, 0) is 4.74 Å². The Kier molecular flexibility index (Phi) is 7.21. The van der Waals surface area contributed by atoms with Crippen LogP contribution in [-0.4, -0.2) is 63.6 Å². The second-order valence-electron chi connectivity index (χ2n) is 11.1. The van der Waals surface area contributed by atoms with Gasteiger partial charge in [-0.25, -0.2) is 0 Å². The van der Waals surface area contributed by atoms with E-state index in [1.165, 1.54) is 0 Å². The van der Waals surface area contributed by atoms with Crippen LogP contribution in [0.4, 0.5) is 5.82 Å². The van der Waals surface area contributed by atoms with Gasteiger partial charge in [0.05, 0.1) is 18.9 Å². The highest BCUT2D eigenvalue weighted by Gasteiger charge is 2.25. The van der Waals surface area contributed by atoms with Crippen LogP contribution in [0.2, 0.25) is 0 Å². The molecule has 0 radical (unpaired) electrons. The summed E-state index contributed by atoms with van der Waals surface area (Å²) in [6, 6.07) is 8.14. The van der Waals surface area contributed by atoms with Crippen molar-refractivity contribution in [3.05, 3.63) is 41.6 Å². The van der Waals surface area contributed by atoms with Crippen molar-refractivity contribution in [2.24, 2.45) is 5.92 Å². The fourth-order valence-electron chi connectivity index (χ4n) is 5.48. The molecule has 2 saturated carbocycles. The third-order valence-corrected chi connectivity index (χ3v) is 7.94. The van der Waals surface area contributed by atoms with Crippen LogP contribution in [0.1, 0.15) is 67.3 Å². The van der Waals surface area contributed by atoms with Crippen LogP contribution in [0.15, 0.2) is 30.5 Å². The number of nitrogens with zero attached hydrogens (tertiary/aromatic N) is 3. The highest BCUT2D eigenvalue weighted by atomic mass is 16.5. The molecular weight excluding hydrogens is 482 g/mol. The topological polar surface area (TPSA) is 110 Å². The molecule has 38 heavy (non-hydrogen) atoms. The molecule has 3 aromatic rings. The molecule has 0 bridgehead atoms. The van der Waals surface area contributed by atoms with Gasteiger partial charge in [0, 0.05) is 36.4 Å². The minimum atomic E-state index is -0.167. The van der Waals surface area contributed by atoms with Gasteiger partial charge in [0.25, 0.3) is 5.91 Å². The zero-order valence-corrected chi connectivity index (χ0v) is 22.0. The maximum absolute atomic E-state index is 12.6. The van der Waals surface area contributed by atoms with E-state index >= 15 is 0 Å². The molecule has 0 spiro atoms. The standard InChI is InChI=1S/C29H37N5O4/c1-18-13-20(6-11-24(18)29(36)32-21-7-8-21)25-16-31-34-26(30-15-19-4-9-22(35)10-5-19)14-27(33-28(25)34)38-23-3-2-12-37-17-23/h6,11,13-14,16,19,21-23,30,35H,2-5,7-10,12,15,17H2,1H3,(H,32,36)/t19-,22+,23?. The molecule has 3 heterocycles. The first-order valence-electron chi connectivity index (χ1n) is 14.0. The average Bonchev–Trinajstić information content (AvgIpc) is 3.63. The molecule has 2 aromatic heterocycles. The smallest absolute Gasteiger partial charge is 0.251 e. The lowest BCUT2D eigenvalue weighted by Gasteiger charge is -2.26. The molecule has 1 aliphatic heterocycles. The molecule has 2 aliphatic carbocycles. The molecule has 1 amide bonds. The fraction of sp³-hybridized carbons (Fsp3) is 0.552. The van der Waals surface area contributed by atoms with E-state index in [9.17, 15) is 9.90 Å². The third kappa shape index (κ3) is 5.63. The number of nitrogens with one attached hydrogen (secondary N) is 2. The van der Waals surface area contributed by atoms with Gasteiger partial charge in [-0.1, -0.05) is 12.1 Å². The molecule has 3 aliphatic rings. The summed E-state index contributed by atoms with van der Waals surface area (Å²) in [6.07, 6.45) is 9.41. The summed E-state index contributed by atoms with van der Waals surface area (Å²) in [5.41, 5.74) is 4.17. The van der Waals surface area contributed by atoms with Gasteiger partial charge in [-0.3, -0.25) is 4.79 Å². The predicted molar refractivity (Wildman–Crippen MR) is 145 cm³/mol. The fourth-order valence-corrected chi connectivity index (χ4v) is 5.48. The highest BCUT2D eigenvalue weighted by molar-refractivity contribution is 5.97. The van der Waals surface area contributed by atoms with E-state index in [1.54, 1.807) is 0 Å². The lowest BCUT2D eigenvalue weighted by Crippen LogP contribution is -2.28. The minimum Gasteiger partial charge on any atom is -0.472 e. The van der Waals surface area contributed by atoms with Gasteiger partial charge in [0.2, 0.25) is 5.88 Å². The Labute approximate surface area is 222 Å². The quantitative estimate of drug-likeness (QED) is 0.411. The monoisotopic (exact) mass is 519 g/mol. The van der Waals surface area contributed by atoms with Crippen molar-refractivity contribution in [1.82, 2.24) is 19.9 Å². The summed E-state index contributed by atoms with van der Waals surface area (Å²) >= 11 is 0. The molecule has 1 atom stereocenters. The Hall–Kier alpha value is -3.17. The van der Waals surface area contributed by atoms with Gasteiger partial charge in [-0.2, -0.15) is 14.6 Å². The Morgan fingerprint density at radius 2 is 2.00 bits per heavy atom. The predicted octanol–water partition coefficient (Wildman–Crippen LogP) is 4.12. The van der Waals surface area contributed by atoms with Crippen LogP contribution in [0.3, 0.4) is 0 Å². The van der Waals surface area contributed by atoms with Gasteiger partial charge < -0.3 is 25.2 Å². The van der Waals surface area contributed by atoms with Crippen molar-refractivity contribution in [2.45, 2.75) is 76.5 Å². The van der Waals surface area contributed by atoms with Gasteiger partial charge in [0.15, 0.2) is 5.65 Å². The van der Waals surface area contributed by atoms with Crippen molar-refractivity contribution >= 4 is 17.4 Å². The molecule has 6 rings (SSSR count). The van der Waals surface area contributed by atoms with Crippen LogP contribution in [0.5, 0.6) is 5.88 Å². The van der Waals surface area contributed by atoms with E-state index in [0.717, 1.165) is 87.0 Å². The number of carbonyl (C=O) groups is 1. The number of aliphatic hydroxyl groups excluding tert-OH is 1.